The lowest BCUT2D eigenvalue weighted by Crippen LogP contribution is -2.50. The molecule has 3 aromatic rings. The molecular weight excluding hydrogens is 457 g/mol. The molecule has 8 heteroatoms. The quantitative estimate of drug-likeness (QED) is 0.335. The Morgan fingerprint density at radius 2 is 1.69 bits per heavy atom. The standard InChI is InChI=1S/C27H27F3N2O3/c28-21-8-11-25-19(16-21)3-2-12-32(25)27(31)20(17-33)15-18-6-9-22(10-7-18)34-13-14-35-26-23(29)4-1-5-24(26)30/h1,4-11,16-17,20,27H,2-3,12-15,31H2. The number of benzene rings is 3. The summed E-state index contributed by atoms with van der Waals surface area (Å²) in [6.07, 6.45) is 2.39. The minimum Gasteiger partial charge on any atom is -0.490 e. The number of ether oxygens (including phenoxy) is 2. The zero-order chi connectivity index (χ0) is 24.8. The molecule has 0 radical (unpaired) electrons. The Morgan fingerprint density at radius 1 is 0.971 bits per heavy atom. The average Bonchev–Trinajstić information content (AvgIpc) is 2.86. The Balaban J connectivity index is 1.31. The van der Waals surface area contributed by atoms with Crippen molar-refractivity contribution in [3.8, 4) is 11.5 Å². The van der Waals surface area contributed by atoms with Crippen LogP contribution in [0.3, 0.4) is 0 Å². The fraction of sp³-hybridized carbons (Fsp3) is 0.296. The molecule has 2 unspecified atom stereocenters. The average molecular weight is 485 g/mol. The van der Waals surface area contributed by atoms with E-state index in [0.29, 0.717) is 18.7 Å². The van der Waals surface area contributed by atoms with Gasteiger partial charge in [0.25, 0.3) is 0 Å². The van der Waals surface area contributed by atoms with Crippen LogP contribution in [0.15, 0.2) is 60.7 Å². The lowest BCUT2D eigenvalue weighted by molar-refractivity contribution is -0.111. The van der Waals surface area contributed by atoms with Gasteiger partial charge >= 0.3 is 0 Å². The highest BCUT2D eigenvalue weighted by Crippen LogP contribution is 2.30. The normalized spacial score (nSPS) is 14.7. The maximum atomic E-state index is 13.6. The van der Waals surface area contributed by atoms with Crippen molar-refractivity contribution >= 4 is 12.0 Å². The van der Waals surface area contributed by atoms with E-state index in [1.807, 2.05) is 17.0 Å². The molecule has 4 rings (SSSR count). The highest BCUT2D eigenvalue weighted by atomic mass is 19.1. The van der Waals surface area contributed by atoms with Crippen molar-refractivity contribution in [2.24, 2.45) is 11.7 Å². The van der Waals surface area contributed by atoms with Crippen molar-refractivity contribution in [2.75, 3.05) is 24.7 Å². The van der Waals surface area contributed by atoms with Gasteiger partial charge in [-0.1, -0.05) is 18.2 Å². The van der Waals surface area contributed by atoms with Gasteiger partial charge in [0.2, 0.25) is 0 Å². The molecule has 35 heavy (non-hydrogen) atoms. The summed E-state index contributed by atoms with van der Waals surface area (Å²) < 4.78 is 51.5. The Kier molecular flexibility index (Phi) is 7.92. The van der Waals surface area contributed by atoms with Gasteiger partial charge in [0.15, 0.2) is 17.4 Å². The van der Waals surface area contributed by atoms with Crippen LogP contribution in [0.5, 0.6) is 11.5 Å². The van der Waals surface area contributed by atoms with E-state index >= 15 is 0 Å². The first-order valence-electron chi connectivity index (χ1n) is 11.5. The third-order valence-corrected chi connectivity index (χ3v) is 6.08. The number of nitrogens with two attached hydrogens (primary N) is 1. The maximum absolute atomic E-state index is 13.6. The van der Waals surface area contributed by atoms with Gasteiger partial charge in [-0.3, -0.25) is 0 Å². The molecule has 0 fully saturated rings. The lowest BCUT2D eigenvalue weighted by Gasteiger charge is -2.38. The number of aldehydes is 1. The van der Waals surface area contributed by atoms with Gasteiger partial charge in [-0.05, 0) is 72.9 Å². The highest BCUT2D eigenvalue weighted by Gasteiger charge is 2.28. The summed E-state index contributed by atoms with van der Waals surface area (Å²) in [5.74, 6) is -2.13. The van der Waals surface area contributed by atoms with Crippen molar-refractivity contribution in [3.63, 3.8) is 0 Å². The van der Waals surface area contributed by atoms with Crippen LogP contribution in [0.2, 0.25) is 0 Å². The van der Waals surface area contributed by atoms with Gasteiger partial charge in [0.1, 0.15) is 31.1 Å². The number of para-hydroxylation sites is 1. The SMILES string of the molecule is NC(C(C=O)Cc1ccc(OCCOc2c(F)cccc2F)cc1)N1CCCc2cc(F)ccc21. The van der Waals surface area contributed by atoms with Crippen molar-refractivity contribution in [2.45, 2.75) is 25.4 Å². The number of carbonyl (C=O) groups excluding carboxylic acids is 1. The Labute approximate surface area is 202 Å². The highest BCUT2D eigenvalue weighted by molar-refractivity contribution is 5.61. The number of nitrogens with zero attached hydrogens (tertiary/aromatic N) is 1. The molecule has 0 saturated carbocycles. The predicted octanol–water partition coefficient (Wildman–Crippen LogP) is 4.66. The molecule has 1 aliphatic heterocycles. The Bertz CT molecular complexity index is 1140. The molecule has 0 spiro atoms. The van der Waals surface area contributed by atoms with Gasteiger partial charge in [0, 0.05) is 12.2 Å². The second-order valence-electron chi connectivity index (χ2n) is 8.46. The van der Waals surface area contributed by atoms with Gasteiger partial charge in [-0.2, -0.15) is 0 Å². The molecular formula is C27H27F3N2O3. The number of aryl methyl sites for hydroxylation is 1. The smallest absolute Gasteiger partial charge is 0.190 e. The molecule has 184 valence electrons. The number of hydrogen-bond acceptors (Lipinski definition) is 5. The van der Waals surface area contributed by atoms with Gasteiger partial charge in [-0.15, -0.1) is 0 Å². The maximum Gasteiger partial charge on any atom is 0.190 e. The largest absolute Gasteiger partial charge is 0.490 e. The van der Waals surface area contributed by atoms with Gasteiger partial charge in [0.05, 0.1) is 12.1 Å². The van der Waals surface area contributed by atoms with Gasteiger partial charge < -0.3 is 24.9 Å². The molecule has 1 aliphatic rings. The van der Waals surface area contributed by atoms with Crippen LogP contribution >= 0.6 is 0 Å². The topological polar surface area (TPSA) is 64.8 Å². The zero-order valence-corrected chi connectivity index (χ0v) is 19.1. The fourth-order valence-corrected chi connectivity index (χ4v) is 4.30. The van der Waals surface area contributed by atoms with Crippen LogP contribution in [0.4, 0.5) is 18.9 Å². The van der Waals surface area contributed by atoms with Crippen LogP contribution in [-0.4, -0.2) is 32.2 Å². The third-order valence-electron chi connectivity index (χ3n) is 6.08. The summed E-state index contributed by atoms with van der Waals surface area (Å²) in [5, 5.41) is 0. The van der Waals surface area contributed by atoms with Crippen LogP contribution < -0.4 is 20.1 Å². The molecule has 1 heterocycles. The number of carbonyl (C=O) groups is 1. The summed E-state index contributed by atoms with van der Waals surface area (Å²) in [6, 6.07) is 15.4. The van der Waals surface area contributed by atoms with Crippen LogP contribution in [0.1, 0.15) is 17.5 Å². The molecule has 5 nitrogen and oxygen atoms in total. The first-order chi connectivity index (χ1) is 17.0. The van der Waals surface area contributed by atoms with Crippen LogP contribution in [0.25, 0.3) is 0 Å². The summed E-state index contributed by atoms with van der Waals surface area (Å²) in [5.41, 5.74) is 9.18. The second kappa shape index (κ2) is 11.3. The Morgan fingerprint density at radius 3 is 2.40 bits per heavy atom. The van der Waals surface area contributed by atoms with E-state index in [2.05, 4.69) is 0 Å². The van der Waals surface area contributed by atoms with E-state index in [1.165, 1.54) is 18.2 Å². The number of rotatable bonds is 10. The second-order valence-corrected chi connectivity index (χ2v) is 8.46. The third kappa shape index (κ3) is 5.95. The number of hydrogen-bond donors (Lipinski definition) is 1. The first kappa shape index (κ1) is 24.6. The molecule has 0 aliphatic carbocycles. The van der Waals surface area contributed by atoms with Crippen LogP contribution in [0, 0.1) is 23.4 Å². The number of anilines is 1. The van der Waals surface area contributed by atoms with E-state index in [1.54, 1.807) is 18.2 Å². The van der Waals surface area contributed by atoms with E-state index in [9.17, 15) is 18.0 Å². The van der Waals surface area contributed by atoms with E-state index < -0.39 is 29.5 Å². The number of fused-ring (bicyclic) bond motifs is 1. The summed E-state index contributed by atoms with van der Waals surface area (Å²) in [6.45, 7) is 0.780. The van der Waals surface area contributed by atoms with E-state index in [0.717, 1.165) is 48.1 Å². The van der Waals surface area contributed by atoms with E-state index in [4.69, 9.17) is 15.2 Å². The molecule has 0 saturated heterocycles. The lowest BCUT2D eigenvalue weighted by atomic mass is 9.94. The molecule has 3 aromatic carbocycles. The molecule has 0 amide bonds. The van der Waals surface area contributed by atoms with E-state index in [-0.39, 0.29) is 19.0 Å². The summed E-state index contributed by atoms with van der Waals surface area (Å²) in [4.78, 5) is 13.9. The zero-order valence-electron chi connectivity index (χ0n) is 19.1. The molecule has 2 N–H and O–H groups in total. The molecule has 0 aromatic heterocycles. The summed E-state index contributed by atoms with van der Waals surface area (Å²) >= 11 is 0. The molecule has 0 bridgehead atoms. The predicted molar refractivity (Wildman–Crippen MR) is 127 cm³/mol. The fourth-order valence-electron chi connectivity index (χ4n) is 4.30. The Hall–Kier alpha value is -3.52. The number of halogens is 3. The minimum absolute atomic E-state index is 0.0249. The van der Waals surface area contributed by atoms with Crippen molar-refractivity contribution < 1.29 is 27.4 Å². The van der Waals surface area contributed by atoms with Crippen molar-refractivity contribution in [1.29, 1.82) is 0 Å². The van der Waals surface area contributed by atoms with Gasteiger partial charge in [-0.25, -0.2) is 13.2 Å². The van der Waals surface area contributed by atoms with Crippen molar-refractivity contribution in [3.05, 3.63) is 89.2 Å². The molecule has 2 atom stereocenters. The van der Waals surface area contributed by atoms with Crippen molar-refractivity contribution in [1.82, 2.24) is 0 Å². The summed E-state index contributed by atoms with van der Waals surface area (Å²) in [7, 11) is 0. The minimum atomic E-state index is -0.766. The first-order valence-corrected chi connectivity index (χ1v) is 11.5. The monoisotopic (exact) mass is 484 g/mol. The van der Waals surface area contributed by atoms with Crippen LogP contribution in [-0.2, 0) is 17.6 Å².